The maximum atomic E-state index is 12.0. The quantitative estimate of drug-likeness (QED) is 0.762. The number of aromatic nitrogens is 2. The lowest BCUT2D eigenvalue weighted by Crippen LogP contribution is -2.29. The van der Waals surface area contributed by atoms with E-state index in [0.717, 1.165) is 10.8 Å². The molecule has 2 rings (SSSR count). The Labute approximate surface area is 138 Å². The summed E-state index contributed by atoms with van der Waals surface area (Å²) in [4.78, 5) is 17.8. The molecule has 1 amide bonds. The third-order valence-corrected chi connectivity index (χ3v) is 4.22. The number of imidazole rings is 1. The Balaban J connectivity index is 2.00. The molecule has 0 aliphatic carbocycles. The van der Waals surface area contributed by atoms with Crippen LogP contribution in [-0.4, -0.2) is 39.7 Å². The molecule has 114 valence electrons. The highest BCUT2D eigenvalue weighted by Crippen LogP contribution is 2.21. The summed E-state index contributed by atoms with van der Waals surface area (Å²) in [6.45, 7) is 0.446. The molecule has 0 saturated carbocycles. The zero-order chi connectivity index (χ0) is 15.9. The second kappa shape index (κ2) is 7.87. The predicted molar refractivity (Wildman–Crippen MR) is 87.2 cm³/mol. The molecule has 0 N–H and O–H groups in total. The summed E-state index contributed by atoms with van der Waals surface area (Å²) < 4.78 is 1.91. The minimum atomic E-state index is -0.0223. The van der Waals surface area contributed by atoms with Crippen molar-refractivity contribution in [3.8, 4) is 11.8 Å². The van der Waals surface area contributed by atoms with Crippen molar-refractivity contribution in [1.82, 2.24) is 14.5 Å². The number of rotatable bonds is 6. The number of thioether (sulfide) groups is 1. The van der Waals surface area contributed by atoms with Gasteiger partial charge in [-0.05, 0) is 24.3 Å². The summed E-state index contributed by atoms with van der Waals surface area (Å²) in [5.41, 5.74) is 0.940. The van der Waals surface area contributed by atoms with Crippen LogP contribution < -0.4 is 0 Å². The molecule has 2 aromatic rings. The number of halogens is 1. The monoisotopic (exact) mass is 334 g/mol. The highest BCUT2D eigenvalue weighted by atomic mass is 35.5. The second-order valence-corrected chi connectivity index (χ2v) is 5.95. The first-order valence-electron chi connectivity index (χ1n) is 6.65. The van der Waals surface area contributed by atoms with Gasteiger partial charge in [0.15, 0.2) is 5.16 Å². The molecule has 7 heteroatoms. The summed E-state index contributed by atoms with van der Waals surface area (Å²) in [6.07, 6.45) is 3.88. The number of nitriles is 1. The van der Waals surface area contributed by atoms with Gasteiger partial charge >= 0.3 is 0 Å². The van der Waals surface area contributed by atoms with Crippen LogP contribution in [0, 0.1) is 11.3 Å². The Morgan fingerprint density at radius 1 is 1.45 bits per heavy atom. The topological polar surface area (TPSA) is 61.9 Å². The third kappa shape index (κ3) is 4.26. The lowest BCUT2D eigenvalue weighted by atomic mass is 10.3. The smallest absolute Gasteiger partial charge is 0.232 e. The molecule has 0 fully saturated rings. The fraction of sp³-hybridized carbons (Fsp3) is 0.267. The van der Waals surface area contributed by atoms with E-state index in [1.807, 2.05) is 41.1 Å². The van der Waals surface area contributed by atoms with E-state index in [2.05, 4.69) is 4.98 Å². The first-order valence-corrected chi connectivity index (χ1v) is 8.01. The molecule has 0 atom stereocenters. The molecule has 5 nitrogen and oxygen atoms in total. The standard InChI is InChI=1S/C15H15ClN4OS/c1-19(9-2-7-17)14(21)11-22-15-18-8-10-20(15)13-5-3-12(16)4-6-13/h3-6,8,10H,2,9,11H2,1H3. The summed E-state index contributed by atoms with van der Waals surface area (Å²) in [5.74, 6) is 0.262. The van der Waals surface area contributed by atoms with Gasteiger partial charge < -0.3 is 4.90 Å². The first kappa shape index (κ1) is 16.4. The molecule has 0 saturated heterocycles. The van der Waals surface area contributed by atoms with E-state index in [4.69, 9.17) is 16.9 Å². The number of carbonyl (C=O) groups excluding carboxylic acids is 1. The molecule has 1 aromatic heterocycles. The van der Waals surface area contributed by atoms with Crippen molar-refractivity contribution in [2.24, 2.45) is 0 Å². The van der Waals surface area contributed by atoms with Crippen LogP contribution in [0.2, 0.25) is 5.02 Å². The van der Waals surface area contributed by atoms with Crippen LogP contribution in [0.15, 0.2) is 41.8 Å². The molecule has 1 aromatic carbocycles. The first-order chi connectivity index (χ1) is 10.6. The van der Waals surface area contributed by atoms with E-state index in [1.165, 1.54) is 11.8 Å². The minimum absolute atomic E-state index is 0.0223. The Morgan fingerprint density at radius 2 is 2.18 bits per heavy atom. The summed E-state index contributed by atoms with van der Waals surface area (Å²) >= 11 is 7.26. The number of benzene rings is 1. The Kier molecular flexibility index (Phi) is 5.87. The Hall–Kier alpha value is -1.97. The van der Waals surface area contributed by atoms with E-state index >= 15 is 0 Å². The van der Waals surface area contributed by atoms with Gasteiger partial charge in [-0.15, -0.1) is 0 Å². The fourth-order valence-electron chi connectivity index (χ4n) is 1.77. The average Bonchev–Trinajstić information content (AvgIpc) is 2.99. The number of hydrogen-bond acceptors (Lipinski definition) is 4. The second-order valence-electron chi connectivity index (χ2n) is 4.57. The van der Waals surface area contributed by atoms with Crippen LogP contribution in [0.4, 0.5) is 0 Å². The van der Waals surface area contributed by atoms with Gasteiger partial charge in [-0.3, -0.25) is 9.36 Å². The average molecular weight is 335 g/mol. The Morgan fingerprint density at radius 3 is 2.86 bits per heavy atom. The van der Waals surface area contributed by atoms with Gasteiger partial charge in [-0.25, -0.2) is 4.98 Å². The van der Waals surface area contributed by atoms with Gasteiger partial charge in [-0.2, -0.15) is 5.26 Å². The SMILES string of the molecule is CN(CCC#N)C(=O)CSc1nccn1-c1ccc(Cl)cc1. The predicted octanol–water partition coefficient (Wildman–Crippen LogP) is 2.99. The van der Waals surface area contributed by atoms with Crippen LogP contribution in [0.25, 0.3) is 5.69 Å². The molecule has 0 spiro atoms. The van der Waals surface area contributed by atoms with Crippen LogP contribution in [0.1, 0.15) is 6.42 Å². The van der Waals surface area contributed by atoms with Gasteiger partial charge in [0.05, 0.1) is 18.2 Å². The van der Waals surface area contributed by atoms with Crippen LogP contribution in [-0.2, 0) is 4.79 Å². The minimum Gasteiger partial charge on any atom is -0.344 e. The Bertz CT molecular complexity index is 678. The van der Waals surface area contributed by atoms with Gasteiger partial charge in [0, 0.05) is 36.7 Å². The highest BCUT2D eigenvalue weighted by Gasteiger charge is 2.12. The fourth-order valence-corrected chi connectivity index (χ4v) is 2.81. The van der Waals surface area contributed by atoms with Crippen molar-refractivity contribution in [1.29, 1.82) is 5.26 Å². The zero-order valence-electron chi connectivity index (χ0n) is 12.1. The van der Waals surface area contributed by atoms with Crippen molar-refractivity contribution in [3.63, 3.8) is 0 Å². The van der Waals surface area contributed by atoms with E-state index in [1.54, 1.807) is 18.1 Å². The summed E-state index contributed by atoms with van der Waals surface area (Å²) in [6, 6.07) is 9.45. The normalized spacial score (nSPS) is 10.2. The number of hydrogen-bond donors (Lipinski definition) is 0. The van der Waals surface area contributed by atoms with E-state index in [9.17, 15) is 4.79 Å². The van der Waals surface area contributed by atoms with Gasteiger partial charge in [0.2, 0.25) is 5.91 Å². The van der Waals surface area contributed by atoms with Crippen molar-refractivity contribution >= 4 is 29.3 Å². The van der Waals surface area contributed by atoms with Crippen molar-refractivity contribution in [3.05, 3.63) is 41.7 Å². The molecule has 22 heavy (non-hydrogen) atoms. The van der Waals surface area contributed by atoms with E-state index < -0.39 is 0 Å². The van der Waals surface area contributed by atoms with Crippen molar-refractivity contribution < 1.29 is 4.79 Å². The van der Waals surface area contributed by atoms with Crippen LogP contribution in [0.5, 0.6) is 0 Å². The molecule has 0 unspecified atom stereocenters. The summed E-state index contributed by atoms with van der Waals surface area (Å²) in [7, 11) is 1.70. The van der Waals surface area contributed by atoms with Crippen LogP contribution in [0.3, 0.4) is 0 Å². The van der Waals surface area contributed by atoms with Crippen LogP contribution >= 0.6 is 23.4 Å². The zero-order valence-corrected chi connectivity index (χ0v) is 13.6. The largest absolute Gasteiger partial charge is 0.344 e. The van der Waals surface area contributed by atoms with Crippen molar-refractivity contribution in [2.75, 3.05) is 19.3 Å². The molecule has 0 bridgehead atoms. The van der Waals surface area contributed by atoms with Gasteiger partial charge in [-0.1, -0.05) is 23.4 Å². The lowest BCUT2D eigenvalue weighted by Gasteiger charge is -2.15. The molecule has 0 radical (unpaired) electrons. The lowest BCUT2D eigenvalue weighted by molar-refractivity contribution is -0.127. The number of carbonyl (C=O) groups is 1. The molecular formula is C15H15ClN4OS. The van der Waals surface area contributed by atoms with Gasteiger partial charge in [0.1, 0.15) is 0 Å². The van der Waals surface area contributed by atoms with Crippen molar-refractivity contribution in [2.45, 2.75) is 11.6 Å². The van der Waals surface area contributed by atoms with E-state index in [-0.39, 0.29) is 11.7 Å². The van der Waals surface area contributed by atoms with E-state index in [0.29, 0.717) is 18.0 Å². The molecule has 0 aliphatic heterocycles. The maximum absolute atomic E-state index is 12.0. The van der Waals surface area contributed by atoms with Gasteiger partial charge in [0.25, 0.3) is 0 Å². The number of amides is 1. The third-order valence-electron chi connectivity index (χ3n) is 3.02. The number of nitrogens with zero attached hydrogens (tertiary/aromatic N) is 4. The molecular weight excluding hydrogens is 320 g/mol. The summed E-state index contributed by atoms with van der Waals surface area (Å²) in [5, 5.41) is 9.96. The highest BCUT2D eigenvalue weighted by molar-refractivity contribution is 7.99. The molecule has 0 aliphatic rings. The molecule has 1 heterocycles. The maximum Gasteiger partial charge on any atom is 0.232 e.